The van der Waals surface area contributed by atoms with Gasteiger partial charge < -0.3 is 0 Å². The summed E-state index contributed by atoms with van der Waals surface area (Å²) in [4.78, 5) is 11.8. The van der Waals surface area contributed by atoms with Crippen molar-refractivity contribution in [2.75, 3.05) is 0 Å². The fourth-order valence-electron chi connectivity index (χ4n) is 1.40. The Kier molecular flexibility index (Phi) is 3.15. The van der Waals surface area contributed by atoms with Gasteiger partial charge in [-0.15, -0.1) is 0 Å². The van der Waals surface area contributed by atoms with E-state index in [1.165, 1.54) is 6.20 Å². The van der Waals surface area contributed by atoms with Crippen LogP contribution < -0.4 is 0 Å². The van der Waals surface area contributed by atoms with E-state index in [0.717, 1.165) is 27.6 Å². The molecular weight excluding hydrogens is 292 g/mol. The van der Waals surface area contributed by atoms with Gasteiger partial charge in [0.25, 0.3) is 0 Å². The van der Waals surface area contributed by atoms with Crippen molar-refractivity contribution >= 4 is 33.4 Å². The molecule has 0 bridgehead atoms. The van der Waals surface area contributed by atoms with Crippen LogP contribution in [0.1, 0.15) is 21.9 Å². The molecule has 16 heavy (non-hydrogen) atoms. The Balaban J connectivity index is 2.25. The molecule has 0 amide bonds. The highest BCUT2D eigenvalue weighted by atomic mass is 79.9. The number of halogens is 1. The van der Waals surface area contributed by atoms with Gasteiger partial charge in [0.1, 0.15) is 5.69 Å². The van der Waals surface area contributed by atoms with Gasteiger partial charge in [0.2, 0.25) is 0 Å². The van der Waals surface area contributed by atoms with Crippen molar-refractivity contribution < 1.29 is 4.79 Å². The summed E-state index contributed by atoms with van der Waals surface area (Å²) < 4.78 is 10.3. The van der Waals surface area contributed by atoms with Crippen LogP contribution in [0, 0.1) is 6.92 Å². The molecular formula is C9H9BrN4OS. The number of hydrogen-bond acceptors (Lipinski definition) is 5. The summed E-state index contributed by atoms with van der Waals surface area (Å²) >= 11 is 4.46. The van der Waals surface area contributed by atoms with E-state index in [4.69, 9.17) is 0 Å². The lowest BCUT2D eigenvalue weighted by atomic mass is 10.2. The third kappa shape index (κ3) is 2.05. The fourth-order valence-corrected chi connectivity index (χ4v) is 2.31. The monoisotopic (exact) mass is 300 g/mol. The minimum absolute atomic E-state index is 0.0440. The normalized spacial score (nSPS) is 10.7. The highest BCUT2D eigenvalue weighted by molar-refractivity contribution is 9.10. The summed E-state index contributed by atoms with van der Waals surface area (Å²) in [5.74, 6) is -0.0440. The summed E-state index contributed by atoms with van der Waals surface area (Å²) in [6.45, 7) is 1.89. The Labute approximate surface area is 105 Å². The van der Waals surface area contributed by atoms with E-state index in [2.05, 4.69) is 29.8 Å². The maximum atomic E-state index is 11.8. The number of rotatable bonds is 3. The second-order valence-electron chi connectivity index (χ2n) is 3.36. The first-order chi connectivity index (χ1) is 7.59. The van der Waals surface area contributed by atoms with Crippen LogP contribution in [-0.4, -0.2) is 24.3 Å². The summed E-state index contributed by atoms with van der Waals surface area (Å²) in [6, 6.07) is 0. The van der Waals surface area contributed by atoms with Gasteiger partial charge in [-0.1, -0.05) is 0 Å². The molecule has 2 heterocycles. The van der Waals surface area contributed by atoms with Crippen molar-refractivity contribution in [3.05, 3.63) is 27.8 Å². The van der Waals surface area contributed by atoms with E-state index in [1.54, 1.807) is 4.68 Å². The Hall–Kier alpha value is -1.08. The van der Waals surface area contributed by atoms with Gasteiger partial charge in [-0.05, 0) is 22.9 Å². The molecule has 0 saturated carbocycles. The van der Waals surface area contributed by atoms with Gasteiger partial charge in [0.05, 0.1) is 40.2 Å². The van der Waals surface area contributed by atoms with Crippen LogP contribution in [0.2, 0.25) is 0 Å². The summed E-state index contributed by atoms with van der Waals surface area (Å²) in [5, 5.41) is 4.23. The minimum atomic E-state index is -0.0440. The average Bonchev–Trinajstić information content (AvgIpc) is 2.83. The number of aryl methyl sites for hydroxylation is 2. The van der Waals surface area contributed by atoms with Crippen molar-refractivity contribution in [3.8, 4) is 0 Å². The summed E-state index contributed by atoms with van der Waals surface area (Å²) in [7, 11) is 1.82. The SMILES string of the molecule is Cc1nn(C)c(CC(=O)c2cnsn2)c1Br. The predicted molar refractivity (Wildman–Crippen MR) is 63.6 cm³/mol. The van der Waals surface area contributed by atoms with Gasteiger partial charge in [0, 0.05) is 7.05 Å². The Morgan fingerprint density at radius 3 is 2.88 bits per heavy atom. The van der Waals surface area contributed by atoms with Crippen LogP contribution in [0.15, 0.2) is 10.7 Å². The van der Waals surface area contributed by atoms with Gasteiger partial charge in [-0.3, -0.25) is 9.48 Å². The van der Waals surface area contributed by atoms with Crippen molar-refractivity contribution in [2.45, 2.75) is 13.3 Å². The molecule has 0 aliphatic carbocycles. The molecule has 0 atom stereocenters. The first-order valence-electron chi connectivity index (χ1n) is 4.58. The number of aromatic nitrogens is 4. The van der Waals surface area contributed by atoms with E-state index < -0.39 is 0 Å². The lowest BCUT2D eigenvalue weighted by Gasteiger charge is -2.00. The van der Waals surface area contributed by atoms with Crippen LogP contribution in [0.5, 0.6) is 0 Å². The van der Waals surface area contributed by atoms with Crippen molar-refractivity contribution in [2.24, 2.45) is 7.05 Å². The largest absolute Gasteiger partial charge is 0.292 e. The lowest BCUT2D eigenvalue weighted by molar-refractivity contribution is 0.0986. The molecule has 0 saturated heterocycles. The Morgan fingerprint density at radius 1 is 1.62 bits per heavy atom. The molecule has 84 valence electrons. The Morgan fingerprint density at radius 2 is 2.38 bits per heavy atom. The standard InChI is InChI=1S/C9H9BrN4OS/c1-5-9(10)7(14(2)12-5)3-8(15)6-4-11-16-13-6/h4H,3H2,1-2H3. The molecule has 0 spiro atoms. The molecule has 0 aliphatic rings. The lowest BCUT2D eigenvalue weighted by Crippen LogP contribution is -2.08. The zero-order valence-electron chi connectivity index (χ0n) is 8.77. The van der Waals surface area contributed by atoms with E-state index in [1.807, 2.05) is 14.0 Å². The van der Waals surface area contributed by atoms with Gasteiger partial charge in [-0.2, -0.15) is 13.8 Å². The highest BCUT2D eigenvalue weighted by Crippen LogP contribution is 2.21. The number of carbonyl (C=O) groups is 1. The van der Waals surface area contributed by atoms with Crippen LogP contribution >= 0.6 is 27.7 Å². The zero-order chi connectivity index (χ0) is 11.7. The zero-order valence-corrected chi connectivity index (χ0v) is 11.2. The summed E-state index contributed by atoms with van der Waals surface area (Å²) in [6.07, 6.45) is 1.77. The van der Waals surface area contributed by atoms with Gasteiger partial charge >= 0.3 is 0 Å². The van der Waals surface area contributed by atoms with Crippen LogP contribution in [-0.2, 0) is 13.5 Å². The van der Waals surface area contributed by atoms with Crippen molar-refractivity contribution in [1.82, 2.24) is 18.5 Å². The number of carbonyl (C=O) groups excluding carboxylic acids is 1. The molecule has 0 aliphatic heterocycles. The first kappa shape index (κ1) is 11.4. The van der Waals surface area contributed by atoms with Crippen LogP contribution in [0.3, 0.4) is 0 Å². The van der Waals surface area contributed by atoms with Crippen LogP contribution in [0.4, 0.5) is 0 Å². The second kappa shape index (κ2) is 4.42. The van der Waals surface area contributed by atoms with E-state index >= 15 is 0 Å². The molecule has 2 aromatic rings. The maximum absolute atomic E-state index is 11.8. The molecule has 0 N–H and O–H groups in total. The van der Waals surface area contributed by atoms with E-state index in [9.17, 15) is 4.79 Å². The first-order valence-corrected chi connectivity index (χ1v) is 6.10. The smallest absolute Gasteiger partial charge is 0.189 e. The molecule has 0 fully saturated rings. The topological polar surface area (TPSA) is 60.7 Å². The molecule has 5 nitrogen and oxygen atoms in total. The van der Waals surface area contributed by atoms with Crippen molar-refractivity contribution in [1.29, 1.82) is 0 Å². The fraction of sp³-hybridized carbons (Fsp3) is 0.333. The summed E-state index contributed by atoms with van der Waals surface area (Å²) in [5.41, 5.74) is 2.15. The number of Topliss-reactive ketones (excluding diaryl/α,β-unsaturated/α-hetero) is 1. The molecule has 2 aromatic heterocycles. The molecule has 0 aromatic carbocycles. The number of ketones is 1. The minimum Gasteiger partial charge on any atom is -0.292 e. The third-order valence-electron chi connectivity index (χ3n) is 2.24. The van der Waals surface area contributed by atoms with E-state index in [0.29, 0.717) is 5.69 Å². The molecule has 0 radical (unpaired) electrons. The van der Waals surface area contributed by atoms with Gasteiger partial charge in [0.15, 0.2) is 5.78 Å². The van der Waals surface area contributed by atoms with Crippen LogP contribution in [0.25, 0.3) is 0 Å². The van der Waals surface area contributed by atoms with E-state index in [-0.39, 0.29) is 12.2 Å². The number of hydrogen-bond donors (Lipinski definition) is 0. The second-order valence-corrected chi connectivity index (χ2v) is 4.71. The maximum Gasteiger partial charge on any atom is 0.189 e. The molecule has 7 heteroatoms. The number of nitrogens with zero attached hydrogens (tertiary/aromatic N) is 4. The highest BCUT2D eigenvalue weighted by Gasteiger charge is 2.16. The Bertz CT molecular complexity index is 520. The average molecular weight is 301 g/mol. The van der Waals surface area contributed by atoms with Gasteiger partial charge in [-0.25, -0.2) is 0 Å². The van der Waals surface area contributed by atoms with Crippen molar-refractivity contribution in [3.63, 3.8) is 0 Å². The molecule has 2 rings (SSSR count). The molecule has 0 unspecified atom stereocenters. The quantitative estimate of drug-likeness (QED) is 0.811. The predicted octanol–water partition coefficient (Wildman–Crippen LogP) is 1.77. The third-order valence-corrected chi connectivity index (χ3v) is 3.75.